The Hall–Kier alpha value is -1.22. The van der Waals surface area contributed by atoms with Gasteiger partial charge < -0.3 is 14.4 Å². The first-order valence-corrected chi connectivity index (χ1v) is 7.83. The molecule has 0 radical (unpaired) electrons. The van der Waals surface area contributed by atoms with E-state index in [1.807, 2.05) is 0 Å². The highest BCUT2D eigenvalue weighted by Gasteiger charge is 2.24. The molecule has 0 N–H and O–H groups in total. The minimum absolute atomic E-state index is 0.321. The quantitative estimate of drug-likeness (QED) is 0.828. The van der Waals surface area contributed by atoms with E-state index in [0.717, 1.165) is 43.9 Å². The maximum atomic E-state index is 6.26. The van der Waals surface area contributed by atoms with Crippen LogP contribution in [-0.2, 0) is 6.42 Å². The van der Waals surface area contributed by atoms with Crippen LogP contribution >= 0.6 is 0 Å². The van der Waals surface area contributed by atoms with Crippen molar-refractivity contribution in [3.05, 3.63) is 23.8 Å². The van der Waals surface area contributed by atoms with E-state index in [0.29, 0.717) is 12.0 Å². The van der Waals surface area contributed by atoms with Crippen LogP contribution in [0.15, 0.2) is 18.2 Å². The molecule has 0 aromatic heterocycles. The van der Waals surface area contributed by atoms with Crippen molar-refractivity contribution in [2.75, 3.05) is 26.7 Å². The Balaban J connectivity index is 1.70. The summed E-state index contributed by atoms with van der Waals surface area (Å²) in [6, 6.07) is 6.35. The summed E-state index contributed by atoms with van der Waals surface area (Å²) in [6.07, 6.45) is 4.93. The van der Waals surface area contributed by atoms with Gasteiger partial charge in [-0.3, -0.25) is 0 Å². The minimum Gasteiger partial charge on any atom is -0.493 e. The van der Waals surface area contributed by atoms with E-state index in [-0.39, 0.29) is 0 Å². The van der Waals surface area contributed by atoms with E-state index in [9.17, 15) is 0 Å². The molecule has 0 amide bonds. The third-order valence-electron chi connectivity index (χ3n) is 4.44. The number of hydrogen-bond donors (Lipinski definition) is 0. The SMILES string of the molecule is CC1CN(C)CCCC1Oc1ccc2c(c1)OCCC2. The fourth-order valence-electron chi connectivity index (χ4n) is 3.29. The van der Waals surface area contributed by atoms with Gasteiger partial charge in [0.05, 0.1) is 6.61 Å². The summed E-state index contributed by atoms with van der Waals surface area (Å²) in [4.78, 5) is 2.41. The highest BCUT2D eigenvalue weighted by atomic mass is 16.5. The average molecular weight is 275 g/mol. The van der Waals surface area contributed by atoms with E-state index in [1.165, 1.54) is 18.5 Å². The molecule has 2 unspecified atom stereocenters. The summed E-state index contributed by atoms with van der Waals surface area (Å²) in [5.74, 6) is 2.55. The van der Waals surface area contributed by atoms with Crippen LogP contribution in [-0.4, -0.2) is 37.7 Å². The van der Waals surface area contributed by atoms with Crippen molar-refractivity contribution in [3.8, 4) is 11.5 Å². The molecular formula is C17H25NO2. The molecule has 0 aliphatic carbocycles. The fraction of sp³-hybridized carbons (Fsp3) is 0.647. The van der Waals surface area contributed by atoms with Crippen molar-refractivity contribution in [1.29, 1.82) is 0 Å². The van der Waals surface area contributed by atoms with Gasteiger partial charge in [0, 0.05) is 18.5 Å². The first kappa shape index (κ1) is 13.7. The highest BCUT2D eigenvalue weighted by Crippen LogP contribution is 2.31. The largest absolute Gasteiger partial charge is 0.493 e. The number of benzene rings is 1. The maximum Gasteiger partial charge on any atom is 0.126 e. The van der Waals surface area contributed by atoms with Crippen LogP contribution in [0.2, 0.25) is 0 Å². The second-order valence-electron chi connectivity index (χ2n) is 6.26. The summed E-state index contributed by atoms with van der Waals surface area (Å²) in [7, 11) is 2.20. The zero-order valence-electron chi connectivity index (χ0n) is 12.6. The van der Waals surface area contributed by atoms with E-state index < -0.39 is 0 Å². The van der Waals surface area contributed by atoms with Crippen molar-refractivity contribution in [3.63, 3.8) is 0 Å². The molecule has 0 spiro atoms. The van der Waals surface area contributed by atoms with Gasteiger partial charge in [0.2, 0.25) is 0 Å². The molecule has 1 fully saturated rings. The highest BCUT2D eigenvalue weighted by molar-refractivity contribution is 5.41. The number of rotatable bonds is 2. The number of fused-ring (bicyclic) bond motifs is 1. The molecule has 1 saturated heterocycles. The lowest BCUT2D eigenvalue weighted by Gasteiger charge is -2.25. The lowest BCUT2D eigenvalue weighted by molar-refractivity contribution is 0.130. The Morgan fingerprint density at radius 2 is 2.20 bits per heavy atom. The van der Waals surface area contributed by atoms with Gasteiger partial charge in [-0.15, -0.1) is 0 Å². The minimum atomic E-state index is 0.321. The molecule has 2 atom stereocenters. The zero-order valence-corrected chi connectivity index (χ0v) is 12.6. The fourth-order valence-corrected chi connectivity index (χ4v) is 3.29. The summed E-state index contributed by atoms with van der Waals surface area (Å²) >= 11 is 0. The molecule has 3 nitrogen and oxygen atoms in total. The molecule has 3 rings (SSSR count). The van der Waals surface area contributed by atoms with Crippen LogP contribution in [0.25, 0.3) is 0 Å². The first-order valence-electron chi connectivity index (χ1n) is 7.83. The lowest BCUT2D eigenvalue weighted by atomic mass is 10.0. The third kappa shape index (κ3) is 3.09. The molecule has 1 aromatic carbocycles. The average Bonchev–Trinajstić information content (AvgIpc) is 2.60. The smallest absolute Gasteiger partial charge is 0.126 e. The molecule has 3 heteroatoms. The van der Waals surface area contributed by atoms with Crippen molar-refractivity contribution >= 4 is 0 Å². The predicted molar refractivity (Wildman–Crippen MR) is 80.6 cm³/mol. The number of aryl methyl sites for hydroxylation is 1. The molecular weight excluding hydrogens is 250 g/mol. The van der Waals surface area contributed by atoms with Crippen molar-refractivity contribution in [2.24, 2.45) is 5.92 Å². The Labute approximate surface area is 121 Å². The molecule has 2 aliphatic heterocycles. The van der Waals surface area contributed by atoms with Crippen LogP contribution in [0.1, 0.15) is 31.7 Å². The molecule has 110 valence electrons. The van der Waals surface area contributed by atoms with Crippen molar-refractivity contribution in [2.45, 2.75) is 38.7 Å². The summed E-state index contributed by atoms with van der Waals surface area (Å²) in [5, 5.41) is 0. The van der Waals surface area contributed by atoms with Gasteiger partial charge >= 0.3 is 0 Å². The summed E-state index contributed by atoms with van der Waals surface area (Å²) in [6.45, 7) is 5.42. The van der Waals surface area contributed by atoms with Crippen LogP contribution in [0.5, 0.6) is 11.5 Å². The summed E-state index contributed by atoms with van der Waals surface area (Å²) < 4.78 is 12.0. The number of nitrogens with zero attached hydrogens (tertiary/aromatic N) is 1. The van der Waals surface area contributed by atoms with Gasteiger partial charge in [-0.05, 0) is 50.9 Å². The molecule has 1 aromatic rings. The van der Waals surface area contributed by atoms with Gasteiger partial charge in [-0.2, -0.15) is 0 Å². The number of ether oxygens (including phenoxy) is 2. The van der Waals surface area contributed by atoms with Crippen LogP contribution < -0.4 is 9.47 Å². The van der Waals surface area contributed by atoms with E-state index in [2.05, 4.69) is 37.1 Å². The first-order chi connectivity index (χ1) is 9.72. The Kier molecular flexibility index (Phi) is 4.16. The Bertz CT molecular complexity index is 460. The Morgan fingerprint density at radius 1 is 1.30 bits per heavy atom. The van der Waals surface area contributed by atoms with Gasteiger partial charge in [-0.25, -0.2) is 0 Å². The van der Waals surface area contributed by atoms with Crippen molar-refractivity contribution < 1.29 is 9.47 Å². The number of likely N-dealkylation sites (tertiary alicyclic amines) is 1. The van der Waals surface area contributed by atoms with Gasteiger partial charge in [0.15, 0.2) is 0 Å². The van der Waals surface area contributed by atoms with Crippen LogP contribution in [0, 0.1) is 5.92 Å². The molecule has 0 saturated carbocycles. The summed E-state index contributed by atoms with van der Waals surface area (Å²) in [5.41, 5.74) is 1.32. The van der Waals surface area contributed by atoms with E-state index in [4.69, 9.17) is 9.47 Å². The van der Waals surface area contributed by atoms with Gasteiger partial charge in [-0.1, -0.05) is 13.0 Å². The molecule has 2 heterocycles. The van der Waals surface area contributed by atoms with E-state index >= 15 is 0 Å². The zero-order chi connectivity index (χ0) is 13.9. The topological polar surface area (TPSA) is 21.7 Å². The Morgan fingerprint density at radius 3 is 3.10 bits per heavy atom. The normalized spacial score (nSPS) is 27.3. The lowest BCUT2D eigenvalue weighted by Crippen LogP contribution is -2.30. The monoisotopic (exact) mass is 275 g/mol. The third-order valence-corrected chi connectivity index (χ3v) is 4.44. The maximum absolute atomic E-state index is 6.26. The van der Waals surface area contributed by atoms with Crippen molar-refractivity contribution in [1.82, 2.24) is 4.90 Å². The second kappa shape index (κ2) is 6.04. The van der Waals surface area contributed by atoms with Gasteiger partial charge in [0.1, 0.15) is 17.6 Å². The molecule has 2 aliphatic rings. The van der Waals surface area contributed by atoms with Crippen LogP contribution in [0.4, 0.5) is 0 Å². The predicted octanol–water partition coefficient (Wildman–Crippen LogP) is 3.12. The molecule has 20 heavy (non-hydrogen) atoms. The molecule has 0 bridgehead atoms. The standard InChI is InChI=1S/C17H25NO2/c1-13-12-18(2)9-3-6-16(13)20-15-8-7-14-5-4-10-19-17(14)11-15/h7-8,11,13,16H,3-6,9-10,12H2,1-2H3. The van der Waals surface area contributed by atoms with Gasteiger partial charge in [0.25, 0.3) is 0 Å². The van der Waals surface area contributed by atoms with E-state index in [1.54, 1.807) is 0 Å². The number of hydrogen-bond acceptors (Lipinski definition) is 3. The van der Waals surface area contributed by atoms with Crippen LogP contribution in [0.3, 0.4) is 0 Å². The second-order valence-corrected chi connectivity index (χ2v) is 6.26.